The summed E-state index contributed by atoms with van der Waals surface area (Å²) in [6.07, 6.45) is 8.29. The highest BCUT2D eigenvalue weighted by molar-refractivity contribution is 5.48. The minimum Gasteiger partial charge on any atom is -0.475 e. The lowest BCUT2D eigenvalue weighted by Crippen LogP contribution is -2.26. The SMILES string of the molecule is CCCNc1ncnc(OCC2CCCCO2)c1CCC. The van der Waals surface area contributed by atoms with Gasteiger partial charge in [-0.3, -0.25) is 0 Å². The van der Waals surface area contributed by atoms with Crippen LogP contribution in [-0.4, -0.2) is 35.8 Å². The van der Waals surface area contributed by atoms with Crippen LogP contribution >= 0.6 is 0 Å². The van der Waals surface area contributed by atoms with Crippen molar-refractivity contribution >= 4 is 5.82 Å². The lowest BCUT2D eigenvalue weighted by molar-refractivity contribution is -0.0121. The van der Waals surface area contributed by atoms with Crippen molar-refractivity contribution in [2.45, 2.75) is 58.5 Å². The lowest BCUT2D eigenvalue weighted by Gasteiger charge is -2.23. The Bertz CT molecular complexity index is 420. The van der Waals surface area contributed by atoms with Crippen molar-refractivity contribution in [2.75, 3.05) is 25.1 Å². The van der Waals surface area contributed by atoms with Gasteiger partial charge in [0.05, 0.1) is 11.7 Å². The van der Waals surface area contributed by atoms with Gasteiger partial charge in [0.15, 0.2) is 0 Å². The number of rotatable bonds is 8. The van der Waals surface area contributed by atoms with E-state index in [0.29, 0.717) is 12.5 Å². The molecule has 1 N–H and O–H groups in total. The van der Waals surface area contributed by atoms with E-state index in [0.717, 1.165) is 56.6 Å². The zero-order chi connectivity index (χ0) is 14.9. The molecule has 0 radical (unpaired) electrons. The molecule has 1 aliphatic rings. The van der Waals surface area contributed by atoms with Gasteiger partial charge in [0.2, 0.25) is 5.88 Å². The van der Waals surface area contributed by atoms with Crippen molar-refractivity contribution in [2.24, 2.45) is 0 Å². The molecule has 21 heavy (non-hydrogen) atoms. The Morgan fingerprint density at radius 2 is 2.19 bits per heavy atom. The summed E-state index contributed by atoms with van der Waals surface area (Å²) in [4.78, 5) is 8.68. The fraction of sp³-hybridized carbons (Fsp3) is 0.750. The number of nitrogens with one attached hydrogen (secondary N) is 1. The third-order valence-electron chi connectivity index (χ3n) is 3.63. The maximum absolute atomic E-state index is 5.93. The second-order valence-corrected chi connectivity index (χ2v) is 5.48. The second-order valence-electron chi connectivity index (χ2n) is 5.48. The highest BCUT2D eigenvalue weighted by Gasteiger charge is 2.17. The predicted molar refractivity (Wildman–Crippen MR) is 83.9 cm³/mol. The molecule has 1 aliphatic heterocycles. The maximum Gasteiger partial charge on any atom is 0.221 e. The minimum absolute atomic E-state index is 0.204. The normalized spacial score (nSPS) is 18.5. The Morgan fingerprint density at radius 3 is 2.90 bits per heavy atom. The Labute approximate surface area is 127 Å². The Balaban J connectivity index is 2.02. The summed E-state index contributed by atoms with van der Waals surface area (Å²) in [5.74, 6) is 1.62. The summed E-state index contributed by atoms with van der Waals surface area (Å²) in [6, 6.07) is 0. The number of hydrogen-bond donors (Lipinski definition) is 1. The second kappa shape index (κ2) is 8.82. The van der Waals surface area contributed by atoms with E-state index >= 15 is 0 Å². The van der Waals surface area contributed by atoms with E-state index in [1.54, 1.807) is 6.33 Å². The third kappa shape index (κ3) is 4.84. The van der Waals surface area contributed by atoms with Gasteiger partial charge in [-0.2, -0.15) is 0 Å². The van der Waals surface area contributed by atoms with Crippen molar-refractivity contribution in [3.8, 4) is 5.88 Å². The standard InChI is InChI=1S/C16H27N3O2/c1-3-7-14-15(17-9-4-2)18-12-19-16(14)21-11-13-8-5-6-10-20-13/h12-13H,3-11H2,1-2H3,(H,17,18,19). The topological polar surface area (TPSA) is 56.3 Å². The van der Waals surface area contributed by atoms with E-state index in [1.165, 1.54) is 6.42 Å². The molecule has 0 spiro atoms. The van der Waals surface area contributed by atoms with Gasteiger partial charge in [0.25, 0.3) is 0 Å². The van der Waals surface area contributed by atoms with E-state index in [4.69, 9.17) is 9.47 Å². The molecule has 2 heterocycles. The summed E-state index contributed by atoms with van der Waals surface area (Å²) in [5.41, 5.74) is 1.09. The molecule has 0 amide bonds. The van der Waals surface area contributed by atoms with E-state index in [9.17, 15) is 0 Å². The first-order valence-corrected chi connectivity index (χ1v) is 8.17. The fourth-order valence-electron chi connectivity index (χ4n) is 2.50. The van der Waals surface area contributed by atoms with Gasteiger partial charge in [-0.05, 0) is 32.1 Å². The van der Waals surface area contributed by atoms with Crippen LogP contribution in [0.2, 0.25) is 0 Å². The average Bonchev–Trinajstić information content (AvgIpc) is 2.53. The molecule has 0 aliphatic carbocycles. The van der Waals surface area contributed by atoms with Crippen LogP contribution in [0.4, 0.5) is 5.82 Å². The van der Waals surface area contributed by atoms with Crippen LogP contribution in [0.5, 0.6) is 5.88 Å². The van der Waals surface area contributed by atoms with Crippen molar-refractivity contribution in [1.29, 1.82) is 0 Å². The molecule has 0 bridgehead atoms. The first-order chi connectivity index (χ1) is 10.3. The minimum atomic E-state index is 0.204. The smallest absolute Gasteiger partial charge is 0.221 e. The first-order valence-electron chi connectivity index (χ1n) is 8.17. The van der Waals surface area contributed by atoms with Gasteiger partial charge in [-0.1, -0.05) is 20.3 Å². The molecule has 1 saturated heterocycles. The summed E-state index contributed by atoms with van der Waals surface area (Å²) >= 11 is 0. The van der Waals surface area contributed by atoms with Crippen LogP contribution in [0.1, 0.15) is 51.5 Å². The van der Waals surface area contributed by atoms with Crippen molar-refractivity contribution in [1.82, 2.24) is 9.97 Å². The highest BCUT2D eigenvalue weighted by atomic mass is 16.5. The summed E-state index contributed by atoms with van der Waals surface area (Å²) in [5, 5.41) is 3.36. The monoisotopic (exact) mass is 293 g/mol. The van der Waals surface area contributed by atoms with Gasteiger partial charge >= 0.3 is 0 Å². The Hall–Kier alpha value is -1.36. The molecule has 1 aromatic heterocycles. The average molecular weight is 293 g/mol. The lowest BCUT2D eigenvalue weighted by atomic mass is 10.1. The molecule has 1 aromatic rings. The Morgan fingerprint density at radius 1 is 1.29 bits per heavy atom. The van der Waals surface area contributed by atoms with Gasteiger partial charge < -0.3 is 14.8 Å². The summed E-state index contributed by atoms with van der Waals surface area (Å²) < 4.78 is 11.6. The van der Waals surface area contributed by atoms with Crippen molar-refractivity contribution in [3.63, 3.8) is 0 Å². The largest absolute Gasteiger partial charge is 0.475 e. The van der Waals surface area contributed by atoms with Crippen molar-refractivity contribution in [3.05, 3.63) is 11.9 Å². The summed E-state index contributed by atoms with van der Waals surface area (Å²) in [6.45, 7) is 6.65. The van der Waals surface area contributed by atoms with Crippen molar-refractivity contribution < 1.29 is 9.47 Å². The molecular formula is C16H27N3O2. The zero-order valence-electron chi connectivity index (χ0n) is 13.2. The van der Waals surface area contributed by atoms with Crippen LogP contribution in [0.15, 0.2) is 6.33 Å². The molecule has 2 rings (SSSR count). The molecule has 1 unspecified atom stereocenters. The number of nitrogens with zero attached hydrogens (tertiary/aromatic N) is 2. The molecule has 0 aromatic carbocycles. The summed E-state index contributed by atoms with van der Waals surface area (Å²) in [7, 11) is 0. The third-order valence-corrected chi connectivity index (χ3v) is 3.63. The molecule has 0 saturated carbocycles. The number of hydrogen-bond acceptors (Lipinski definition) is 5. The van der Waals surface area contributed by atoms with Crippen LogP contribution < -0.4 is 10.1 Å². The fourth-order valence-corrected chi connectivity index (χ4v) is 2.50. The van der Waals surface area contributed by atoms with Gasteiger partial charge in [-0.25, -0.2) is 9.97 Å². The molecular weight excluding hydrogens is 266 g/mol. The van der Waals surface area contributed by atoms with Gasteiger partial charge in [-0.15, -0.1) is 0 Å². The maximum atomic E-state index is 5.93. The van der Waals surface area contributed by atoms with E-state index in [-0.39, 0.29) is 6.10 Å². The first kappa shape index (κ1) is 16.0. The highest BCUT2D eigenvalue weighted by Crippen LogP contribution is 2.24. The molecule has 1 fully saturated rings. The number of anilines is 1. The molecule has 1 atom stereocenters. The van der Waals surface area contributed by atoms with Crippen LogP contribution in [0, 0.1) is 0 Å². The van der Waals surface area contributed by atoms with Gasteiger partial charge in [0, 0.05) is 13.2 Å². The predicted octanol–water partition coefficient (Wildman–Crippen LogP) is 3.20. The molecule has 118 valence electrons. The quantitative estimate of drug-likeness (QED) is 0.797. The Kier molecular flexibility index (Phi) is 6.73. The van der Waals surface area contributed by atoms with Gasteiger partial charge in [0.1, 0.15) is 18.8 Å². The van der Waals surface area contributed by atoms with E-state index in [2.05, 4.69) is 29.1 Å². The van der Waals surface area contributed by atoms with E-state index in [1.807, 2.05) is 0 Å². The van der Waals surface area contributed by atoms with Crippen LogP contribution in [0.25, 0.3) is 0 Å². The molecule has 5 nitrogen and oxygen atoms in total. The number of aromatic nitrogens is 2. The zero-order valence-corrected chi connectivity index (χ0v) is 13.2. The van der Waals surface area contributed by atoms with Crippen LogP contribution in [0.3, 0.4) is 0 Å². The number of ether oxygens (including phenoxy) is 2. The molecule has 5 heteroatoms. The van der Waals surface area contributed by atoms with Crippen LogP contribution in [-0.2, 0) is 11.2 Å². The van der Waals surface area contributed by atoms with E-state index < -0.39 is 0 Å².